The summed E-state index contributed by atoms with van der Waals surface area (Å²) in [5.41, 5.74) is 0.523. The SMILES string of the molecule is CCOC(COc1ccc(C#N)cc1OC)OCC. The number of benzene rings is 1. The molecule has 0 aliphatic rings. The standard InChI is InChI=1S/C14H19NO4/c1-4-17-14(18-5-2)10-19-12-7-6-11(9-15)8-13(12)16-3/h6-8,14H,4-5,10H2,1-3H3. The van der Waals surface area contributed by atoms with Gasteiger partial charge in [0.05, 0.1) is 18.7 Å². The van der Waals surface area contributed by atoms with Crippen LogP contribution >= 0.6 is 0 Å². The topological polar surface area (TPSA) is 60.7 Å². The summed E-state index contributed by atoms with van der Waals surface area (Å²) in [6, 6.07) is 7.06. The summed E-state index contributed by atoms with van der Waals surface area (Å²) < 4.78 is 21.6. The van der Waals surface area contributed by atoms with Gasteiger partial charge in [-0.15, -0.1) is 0 Å². The quantitative estimate of drug-likeness (QED) is 0.675. The lowest BCUT2D eigenvalue weighted by molar-refractivity contribution is -0.152. The zero-order valence-electron chi connectivity index (χ0n) is 11.5. The van der Waals surface area contributed by atoms with Gasteiger partial charge in [0.25, 0.3) is 0 Å². The molecule has 104 valence electrons. The Kier molecular flexibility index (Phi) is 6.72. The van der Waals surface area contributed by atoms with Crippen molar-refractivity contribution in [1.82, 2.24) is 0 Å². The van der Waals surface area contributed by atoms with E-state index in [0.717, 1.165) is 0 Å². The molecule has 0 atom stereocenters. The molecule has 1 aromatic rings. The molecule has 0 amide bonds. The van der Waals surface area contributed by atoms with Gasteiger partial charge in [-0.05, 0) is 26.0 Å². The molecule has 0 aliphatic heterocycles. The molecule has 19 heavy (non-hydrogen) atoms. The zero-order valence-corrected chi connectivity index (χ0v) is 11.5. The molecule has 0 unspecified atom stereocenters. The van der Waals surface area contributed by atoms with Gasteiger partial charge in [-0.1, -0.05) is 0 Å². The lowest BCUT2D eigenvalue weighted by atomic mass is 10.2. The van der Waals surface area contributed by atoms with Gasteiger partial charge in [-0.2, -0.15) is 5.26 Å². The van der Waals surface area contributed by atoms with Crippen molar-refractivity contribution in [2.45, 2.75) is 20.1 Å². The number of nitriles is 1. The molecule has 5 nitrogen and oxygen atoms in total. The first kappa shape index (κ1) is 15.3. The van der Waals surface area contributed by atoms with Crippen LogP contribution in [0, 0.1) is 11.3 Å². The second-order valence-electron chi connectivity index (χ2n) is 3.63. The van der Waals surface area contributed by atoms with E-state index in [0.29, 0.717) is 30.3 Å². The van der Waals surface area contributed by atoms with Gasteiger partial charge in [-0.25, -0.2) is 0 Å². The maximum atomic E-state index is 8.82. The molecule has 0 fully saturated rings. The third-order valence-electron chi connectivity index (χ3n) is 2.37. The lowest BCUT2D eigenvalue weighted by Crippen LogP contribution is -2.25. The van der Waals surface area contributed by atoms with Crippen molar-refractivity contribution < 1.29 is 18.9 Å². The third kappa shape index (κ3) is 4.78. The first-order valence-electron chi connectivity index (χ1n) is 6.19. The van der Waals surface area contributed by atoms with Gasteiger partial charge in [0.1, 0.15) is 6.61 Å². The van der Waals surface area contributed by atoms with Crippen LogP contribution in [0.3, 0.4) is 0 Å². The van der Waals surface area contributed by atoms with Crippen LogP contribution in [0.15, 0.2) is 18.2 Å². The summed E-state index contributed by atoms with van der Waals surface area (Å²) in [5.74, 6) is 1.08. The van der Waals surface area contributed by atoms with Crippen LogP contribution in [0.2, 0.25) is 0 Å². The van der Waals surface area contributed by atoms with E-state index in [4.69, 9.17) is 24.2 Å². The molecule has 0 aliphatic carbocycles. The van der Waals surface area contributed by atoms with E-state index < -0.39 is 6.29 Å². The summed E-state index contributed by atoms with van der Waals surface area (Å²) in [7, 11) is 1.53. The fourth-order valence-corrected chi connectivity index (χ4v) is 1.53. The number of hydrogen-bond donors (Lipinski definition) is 0. The van der Waals surface area contributed by atoms with E-state index in [1.807, 2.05) is 19.9 Å². The average molecular weight is 265 g/mol. The van der Waals surface area contributed by atoms with E-state index in [2.05, 4.69) is 0 Å². The van der Waals surface area contributed by atoms with Crippen LogP contribution in [-0.4, -0.2) is 33.2 Å². The van der Waals surface area contributed by atoms with Crippen molar-refractivity contribution in [3.8, 4) is 17.6 Å². The minimum Gasteiger partial charge on any atom is -0.493 e. The molecule has 0 aromatic heterocycles. The van der Waals surface area contributed by atoms with Gasteiger partial charge in [-0.3, -0.25) is 0 Å². The minimum atomic E-state index is -0.407. The smallest absolute Gasteiger partial charge is 0.191 e. The second-order valence-corrected chi connectivity index (χ2v) is 3.63. The van der Waals surface area contributed by atoms with E-state index in [-0.39, 0.29) is 6.61 Å². The monoisotopic (exact) mass is 265 g/mol. The van der Waals surface area contributed by atoms with Crippen LogP contribution < -0.4 is 9.47 Å². The number of ether oxygens (including phenoxy) is 4. The van der Waals surface area contributed by atoms with E-state index in [1.54, 1.807) is 18.2 Å². The predicted octanol–water partition coefficient (Wildman–Crippen LogP) is 2.34. The molecular weight excluding hydrogens is 246 g/mol. The van der Waals surface area contributed by atoms with Gasteiger partial charge >= 0.3 is 0 Å². The van der Waals surface area contributed by atoms with Gasteiger partial charge in [0.2, 0.25) is 0 Å². The average Bonchev–Trinajstić information content (AvgIpc) is 2.45. The molecule has 0 N–H and O–H groups in total. The largest absolute Gasteiger partial charge is 0.493 e. The van der Waals surface area contributed by atoms with Crippen LogP contribution in [0.4, 0.5) is 0 Å². The lowest BCUT2D eigenvalue weighted by Gasteiger charge is -2.18. The van der Waals surface area contributed by atoms with Crippen molar-refractivity contribution in [1.29, 1.82) is 5.26 Å². The normalized spacial score (nSPS) is 10.3. The Labute approximate surface area is 113 Å². The molecule has 0 spiro atoms. The maximum Gasteiger partial charge on any atom is 0.191 e. The van der Waals surface area contributed by atoms with Crippen molar-refractivity contribution in [2.75, 3.05) is 26.9 Å². The highest BCUT2D eigenvalue weighted by molar-refractivity contribution is 5.46. The highest BCUT2D eigenvalue weighted by atomic mass is 16.7. The first-order chi connectivity index (χ1) is 9.24. The van der Waals surface area contributed by atoms with Gasteiger partial charge in [0.15, 0.2) is 17.8 Å². The molecule has 0 saturated carbocycles. The fourth-order valence-electron chi connectivity index (χ4n) is 1.53. The number of nitrogens with zero attached hydrogens (tertiary/aromatic N) is 1. The Balaban J connectivity index is 2.68. The van der Waals surface area contributed by atoms with Crippen LogP contribution in [-0.2, 0) is 9.47 Å². The summed E-state index contributed by atoms with van der Waals surface area (Å²) in [6.07, 6.45) is -0.407. The fraction of sp³-hybridized carbons (Fsp3) is 0.500. The molecule has 1 rings (SSSR count). The Morgan fingerprint density at radius 1 is 1.16 bits per heavy atom. The first-order valence-corrected chi connectivity index (χ1v) is 6.19. The van der Waals surface area contributed by atoms with Crippen LogP contribution in [0.1, 0.15) is 19.4 Å². The Hall–Kier alpha value is -1.77. The van der Waals surface area contributed by atoms with Crippen molar-refractivity contribution >= 4 is 0 Å². The minimum absolute atomic E-state index is 0.268. The van der Waals surface area contributed by atoms with Gasteiger partial charge in [0, 0.05) is 19.3 Å². The highest BCUT2D eigenvalue weighted by Crippen LogP contribution is 2.28. The molecule has 0 bridgehead atoms. The summed E-state index contributed by atoms with van der Waals surface area (Å²) in [6.45, 7) is 5.17. The molecular formula is C14H19NO4. The molecule has 0 saturated heterocycles. The number of hydrogen-bond acceptors (Lipinski definition) is 5. The summed E-state index contributed by atoms with van der Waals surface area (Å²) in [5, 5.41) is 8.82. The summed E-state index contributed by atoms with van der Waals surface area (Å²) in [4.78, 5) is 0. The second kappa shape index (κ2) is 8.35. The molecule has 0 radical (unpaired) electrons. The Morgan fingerprint density at radius 2 is 1.84 bits per heavy atom. The number of methoxy groups -OCH3 is 1. The van der Waals surface area contributed by atoms with Crippen LogP contribution in [0.25, 0.3) is 0 Å². The Bertz CT molecular complexity index is 422. The molecule has 1 aromatic carbocycles. The highest BCUT2D eigenvalue weighted by Gasteiger charge is 2.11. The van der Waals surface area contributed by atoms with Crippen molar-refractivity contribution in [2.24, 2.45) is 0 Å². The zero-order chi connectivity index (χ0) is 14.1. The van der Waals surface area contributed by atoms with Crippen LogP contribution in [0.5, 0.6) is 11.5 Å². The maximum absolute atomic E-state index is 8.82. The number of rotatable bonds is 8. The van der Waals surface area contributed by atoms with E-state index in [9.17, 15) is 0 Å². The molecule has 0 heterocycles. The van der Waals surface area contributed by atoms with E-state index in [1.165, 1.54) is 7.11 Å². The van der Waals surface area contributed by atoms with Gasteiger partial charge < -0.3 is 18.9 Å². The Morgan fingerprint density at radius 3 is 2.37 bits per heavy atom. The van der Waals surface area contributed by atoms with Crippen molar-refractivity contribution in [3.63, 3.8) is 0 Å². The van der Waals surface area contributed by atoms with Crippen molar-refractivity contribution in [3.05, 3.63) is 23.8 Å². The summed E-state index contributed by atoms with van der Waals surface area (Å²) >= 11 is 0. The van der Waals surface area contributed by atoms with E-state index >= 15 is 0 Å². The molecule has 5 heteroatoms. The third-order valence-corrected chi connectivity index (χ3v) is 2.37. The predicted molar refractivity (Wildman–Crippen MR) is 70.2 cm³/mol.